The highest BCUT2D eigenvalue weighted by Gasteiger charge is 2.05. The Bertz CT molecular complexity index is 449. The minimum atomic E-state index is -0.0517. The molecule has 0 bridgehead atoms. The third kappa shape index (κ3) is 3.73. The predicted molar refractivity (Wildman–Crippen MR) is 75.9 cm³/mol. The number of halogens is 2. The summed E-state index contributed by atoms with van der Waals surface area (Å²) in [7, 11) is 0. The smallest absolute Gasteiger partial charge is 0.123 e. The number of nitrogens with one attached hydrogen (secondary N) is 1. The Balaban J connectivity index is 0.00000128. The van der Waals surface area contributed by atoms with E-state index >= 15 is 0 Å². The molecular weight excluding hydrogens is 257 g/mol. The summed E-state index contributed by atoms with van der Waals surface area (Å²) in [6.45, 7) is 3.99. The Labute approximate surface area is 114 Å². The summed E-state index contributed by atoms with van der Waals surface area (Å²) < 4.78 is 0. The lowest BCUT2D eigenvalue weighted by atomic mass is 10.1. The van der Waals surface area contributed by atoms with Crippen molar-refractivity contribution >= 4 is 24.8 Å². The van der Waals surface area contributed by atoms with Crippen molar-refractivity contribution in [3.05, 3.63) is 41.9 Å². The Morgan fingerprint density at radius 1 is 1.18 bits per heavy atom. The van der Waals surface area contributed by atoms with Crippen LogP contribution in [-0.2, 0) is 0 Å². The number of hydrogen-bond acceptors (Lipinski definition) is 2. The second-order valence-corrected chi connectivity index (χ2v) is 3.84. The molecule has 3 N–H and O–H groups in total. The van der Waals surface area contributed by atoms with Crippen molar-refractivity contribution in [1.82, 2.24) is 9.97 Å². The van der Waals surface area contributed by atoms with E-state index in [0.29, 0.717) is 0 Å². The predicted octanol–water partition coefficient (Wildman–Crippen LogP) is 3.25. The van der Waals surface area contributed by atoms with Gasteiger partial charge in [-0.15, -0.1) is 24.8 Å². The molecule has 17 heavy (non-hydrogen) atoms. The molecule has 0 spiro atoms. The number of nitrogens with two attached hydrogens (primary N) is 1. The zero-order valence-corrected chi connectivity index (χ0v) is 11.4. The van der Waals surface area contributed by atoms with Gasteiger partial charge >= 0.3 is 0 Å². The molecule has 0 radical (unpaired) electrons. The van der Waals surface area contributed by atoms with Crippen molar-refractivity contribution in [3.8, 4) is 11.3 Å². The maximum atomic E-state index is 5.74. The highest BCUT2D eigenvalue weighted by atomic mass is 35.5. The van der Waals surface area contributed by atoms with Gasteiger partial charge in [0.2, 0.25) is 0 Å². The van der Waals surface area contributed by atoms with E-state index in [0.717, 1.165) is 17.1 Å². The number of benzene rings is 1. The molecule has 1 aromatic carbocycles. The summed E-state index contributed by atoms with van der Waals surface area (Å²) in [6, 6.07) is 8.27. The molecule has 0 fully saturated rings. The normalized spacial score (nSPS) is 11.2. The maximum absolute atomic E-state index is 5.74. The Morgan fingerprint density at radius 3 is 2.24 bits per heavy atom. The lowest BCUT2D eigenvalue weighted by Gasteiger charge is -2.00. The molecule has 0 aliphatic carbocycles. The summed E-state index contributed by atoms with van der Waals surface area (Å²) in [5, 5.41) is 0. The average molecular weight is 274 g/mol. The van der Waals surface area contributed by atoms with Gasteiger partial charge < -0.3 is 10.7 Å². The molecule has 1 atom stereocenters. The van der Waals surface area contributed by atoms with E-state index in [9.17, 15) is 0 Å². The molecule has 1 unspecified atom stereocenters. The van der Waals surface area contributed by atoms with Crippen molar-refractivity contribution in [3.63, 3.8) is 0 Å². The molecule has 2 aromatic rings. The fourth-order valence-corrected chi connectivity index (χ4v) is 1.45. The summed E-state index contributed by atoms with van der Waals surface area (Å²) in [4.78, 5) is 7.45. The van der Waals surface area contributed by atoms with Crippen LogP contribution in [0.15, 0.2) is 30.5 Å². The maximum Gasteiger partial charge on any atom is 0.123 e. The molecule has 0 aliphatic heterocycles. The quantitative estimate of drug-likeness (QED) is 0.883. The van der Waals surface area contributed by atoms with Gasteiger partial charge in [-0.2, -0.15) is 0 Å². The molecule has 1 heterocycles. The fraction of sp³-hybridized carbons (Fsp3) is 0.250. The standard InChI is InChI=1S/C12H15N3.2ClH/c1-8-3-5-10(6-4-8)11-7-14-12(15-11)9(2)13;;/h3-7,9H,13H2,1-2H3,(H,14,15);2*1H. The van der Waals surface area contributed by atoms with Crippen molar-refractivity contribution in [2.75, 3.05) is 0 Å². The summed E-state index contributed by atoms with van der Waals surface area (Å²) in [6.07, 6.45) is 1.82. The second kappa shape index (κ2) is 6.64. The van der Waals surface area contributed by atoms with Crippen molar-refractivity contribution in [2.24, 2.45) is 5.73 Å². The van der Waals surface area contributed by atoms with Crippen LogP contribution in [0.2, 0.25) is 0 Å². The molecule has 0 amide bonds. The topological polar surface area (TPSA) is 54.7 Å². The lowest BCUT2D eigenvalue weighted by molar-refractivity contribution is 0.756. The highest BCUT2D eigenvalue weighted by Crippen LogP contribution is 2.18. The summed E-state index contributed by atoms with van der Waals surface area (Å²) in [5.74, 6) is 0.825. The van der Waals surface area contributed by atoms with Crippen LogP contribution in [0.25, 0.3) is 11.3 Å². The van der Waals surface area contributed by atoms with E-state index in [1.165, 1.54) is 5.56 Å². The number of hydrogen-bond donors (Lipinski definition) is 2. The summed E-state index contributed by atoms with van der Waals surface area (Å²) >= 11 is 0. The van der Waals surface area contributed by atoms with Crippen LogP contribution in [0.1, 0.15) is 24.4 Å². The first-order valence-electron chi connectivity index (χ1n) is 5.04. The van der Waals surface area contributed by atoms with Gasteiger partial charge in [0, 0.05) is 0 Å². The number of nitrogens with zero attached hydrogens (tertiary/aromatic N) is 1. The minimum absolute atomic E-state index is 0. The van der Waals surface area contributed by atoms with Crippen LogP contribution in [0.4, 0.5) is 0 Å². The van der Waals surface area contributed by atoms with E-state index in [2.05, 4.69) is 41.2 Å². The van der Waals surface area contributed by atoms with Gasteiger partial charge in [-0.05, 0) is 19.4 Å². The minimum Gasteiger partial charge on any atom is -0.341 e. The number of aromatic amines is 1. The SMILES string of the molecule is Cc1ccc(-c2cnc(C(C)N)[nH]2)cc1.Cl.Cl. The van der Waals surface area contributed by atoms with Gasteiger partial charge in [-0.25, -0.2) is 4.98 Å². The summed E-state index contributed by atoms with van der Waals surface area (Å²) in [5.41, 5.74) is 9.15. The highest BCUT2D eigenvalue weighted by molar-refractivity contribution is 5.85. The van der Waals surface area contributed by atoms with Crippen LogP contribution in [0.5, 0.6) is 0 Å². The van der Waals surface area contributed by atoms with E-state index in [1.807, 2.05) is 13.1 Å². The van der Waals surface area contributed by atoms with Crippen LogP contribution < -0.4 is 5.73 Å². The molecule has 1 aromatic heterocycles. The van der Waals surface area contributed by atoms with Gasteiger partial charge in [0.15, 0.2) is 0 Å². The molecule has 94 valence electrons. The average Bonchev–Trinajstić information content (AvgIpc) is 2.68. The van der Waals surface area contributed by atoms with Crippen LogP contribution in [-0.4, -0.2) is 9.97 Å². The van der Waals surface area contributed by atoms with Gasteiger partial charge in [0.25, 0.3) is 0 Å². The largest absolute Gasteiger partial charge is 0.341 e. The van der Waals surface area contributed by atoms with Crippen LogP contribution in [0.3, 0.4) is 0 Å². The van der Waals surface area contributed by atoms with Crippen molar-refractivity contribution in [1.29, 1.82) is 0 Å². The molecular formula is C12H17Cl2N3. The fourth-order valence-electron chi connectivity index (χ4n) is 1.45. The molecule has 2 rings (SSSR count). The zero-order chi connectivity index (χ0) is 10.8. The molecule has 0 saturated heterocycles. The third-order valence-electron chi connectivity index (χ3n) is 2.39. The monoisotopic (exact) mass is 273 g/mol. The van der Waals surface area contributed by atoms with E-state index in [-0.39, 0.29) is 30.9 Å². The first-order chi connectivity index (χ1) is 7.16. The molecule has 0 saturated carbocycles. The van der Waals surface area contributed by atoms with Gasteiger partial charge in [0.1, 0.15) is 5.82 Å². The van der Waals surface area contributed by atoms with Gasteiger partial charge in [-0.3, -0.25) is 0 Å². The van der Waals surface area contributed by atoms with Crippen LogP contribution >= 0.6 is 24.8 Å². The van der Waals surface area contributed by atoms with Crippen LogP contribution in [0, 0.1) is 6.92 Å². The van der Waals surface area contributed by atoms with Gasteiger partial charge in [-0.1, -0.05) is 29.8 Å². The second-order valence-electron chi connectivity index (χ2n) is 3.84. The molecule has 3 nitrogen and oxygen atoms in total. The first-order valence-corrected chi connectivity index (χ1v) is 5.04. The van der Waals surface area contributed by atoms with E-state index in [4.69, 9.17) is 5.73 Å². The Morgan fingerprint density at radius 2 is 1.76 bits per heavy atom. The lowest BCUT2D eigenvalue weighted by Crippen LogP contribution is -2.06. The number of imidazole rings is 1. The van der Waals surface area contributed by atoms with Crippen molar-refractivity contribution < 1.29 is 0 Å². The van der Waals surface area contributed by atoms with Gasteiger partial charge in [0.05, 0.1) is 17.9 Å². The van der Waals surface area contributed by atoms with E-state index in [1.54, 1.807) is 0 Å². The Hall–Kier alpha value is -1.03. The number of H-pyrrole nitrogens is 1. The number of aryl methyl sites for hydroxylation is 1. The zero-order valence-electron chi connectivity index (χ0n) is 9.81. The first kappa shape index (κ1) is 16.0. The molecule has 0 aliphatic rings. The number of rotatable bonds is 2. The number of aromatic nitrogens is 2. The third-order valence-corrected chi connectivity index (χ3v) is 2.39. The van der Waals surface area contributed by atoms with E-state index < -0.39 is 0 Å². The molecule has 5 heteroatoms. The Kier molecular flexibility index (Phi) is 6.24. The van der Waals surface area contributed by atoms with Crippen molar-refractivity contribution in [2.45, 2.75) is 19.9 Å².